The number of hydrogen-bond acceptors (Lipinski definition) is 6. The van der Waals surface area contributed by atoms with Crippen LogP contribution < -0.4 is 4.90 Å². The van der Waals surface area contributed by atoms with Gasteiger partial charge in [0.15, 0.2) is 5.65 Å². The molecule has 0 bridgehead atoms. The summed E-state index contributed by atoms with van der Waals surface area (Å²) in [4.78, 5) is 32.9. The van der Waals surface area contributed by atoms with E-state index >= 15 is 0 Å². The lowest BCUT2D eigenvalue weighted by molar-refractivity contribution is 0.0567. The van der Waals surface area contributed by atoms with E-state index in [1.807, 2.05) is 74.8 Å². The first kappa shape index (κ1) is 27.8. The zero-order chi connectivity index (χ0) is 27.6. The summed E-state index contributed by atoms with van der Waals surface area (Å²) in [5.74, 6) is 0.172. The van der Waals surface area contributed by atoms with E-state index in [4.69, 9.17) is 14.8 Å². The summed E-state index contributed by atoms with van der Waals surface area (Å²) >= 11 is 1.62. The molecule has 1 N–H and O–H groups in total. The molecule has 2 aromatic heterocycles. The third-order valence-corrected chi connectivity index (χ3v) is 7.81. The van der Waals surface area contributed by atoms with Gasteiger partial charge in [0, 0.05) is 18.3 Å². The summed E-state index contributed by atoms with van der Waals surface area (Å²) in [5.41, 5.74) is 2.46. The Hall–Kier alpha value is -3.27. The van der Waals surface area contributed by atoms with Crippen molar-refractivity contribution in [1.82, 2.24) is 19.5 Å². The number of aromatic nitrogens is 3. The van der Waals surface area contributed by atoms with Crippen LogP contribution in [0, 0.1) is 0 Å². The van der Waals surface area contributed by atoms with Gasteiger partial charge in [0.1, 0.15) is 10.6 Å². The van der Waals surface area contributed by atoms with E-state index in [-0.39, 0.29) is 17.2 Å². The van der Waals surface area contributed by atoms with Gasteiger partial charge in [-0.3, -0.25) is 4.90 Å². The largest absolute Gasteiger partial charge is 0.465 e. The molecule has 0 aliphatic carbocycles. The fourth-order valence-corrected chi connectivity index (χ4v) is 5.67. The van der Waals surface area contributed by atoms with E-state index in [2.05, 4.69) is 13.8 Å². The molecule has 1 aromatic carbocycles. The number of hydrogen-bond donors (Lipinski definition) is 1. The first-order valence-electron chi connectivity index (χ1n) is 13.0. The predicted molar refractivity (Wildman–Crippen MR) is 149 cm³/mol. The van der Waals surface area contributed by atoms with Gasteiger partial charge in [-0.1, -0.05) is 44.2 Å². The Labute approximate surface area is 228 Å². The van der Waals surface area contributed by atoms with E-state index in [1.165, 1.54) is 4.90 Å². The van der Waals surface area contributed by atoms with Crippen LogP contribution in [0.4, 0.5) is 15.3 Å². The average molecular weight is 540 g/mol. The molecule has 9 nitrogen and oxygen atoms in total. The number of thioether (sulfide) groups is 1. The highest BCUT2D eigenvalue weighted by Gasteiger charge is 2.32. The van der Waals surface area contributed by atoms with Gasteiger partial charge in [0.05, 0.1) is 23.6 Å². The molecule has 204 valence electrons. The number of fused-ring (bicyclic) bond motifs is 1. The Morgan fingerprint density at radius 2 is 1.79 bits per heavy atom. The van der Waals surface area contributed by atoms with Crippen LogP contribution >= 0.6 is 11.8 Å². The van der Waals surface area contributed by atoms with Crippen molar-refractivity contribution in [2.75, 3.05) is 18.0 Å². The van der Waals surface area contributed by atoms with Crippen molar-refractivity contribution < 1.29 is 19.4 Å². The second-order valence-electron chi connectivity index (χ2n) is 11.0. The van der Waals surface area contributed by atoms with Crippen LogP contribution in [0.5, 0.6) is 0 Å². The van der Waals surface area contributed by atoms with E-state index in [0.29, 0.717) is 24.4 Å². The van der Waals surface area contributed by atoms with Crippen molar-refractivity contribution in [3.63, 3.8) is 0 Å². The Morgan fingerprint density at radius 1 is 1.13 bits per heavy atom. The van der Waals surface area contributed by atoms with Crippen LogP contribution in [0.1, 0.15) is 77.6 Å². The third-order valence-electron chi connectivity index (χ3n) is 6.56. The molecule has 0 radical (unpaired) electrons. The minimum absolute atomic E-state index is 0.172. The summed E-state index contributed by atoms with van der Waals surface area (Å²) in [6, 6.07) is 11.5. The highest BCUT2D eigenvalue weighted by molar-refractivity contribution is 7.99. The Balaban J connectivity index is 1.79. The highest BCUT2D eigenvalue weighted by atomic mass is 32.2. The van der Waals surface area contributed by atoms with Crippen LogP contribution in [0.25, 0.3) is 5.65 Å². The molecule has 10 heteroatoms. The number of anilines is 1. The highest BCUT2D eigenvalue weighted by Crippen LogP contribution is 2.37. The molecule has 2 amide bonds. The number of carboxylic acid groups (broad SMARTS) is 1. The smallest absolute Gasteiger partial charge is 0.415 e. The van der Waals surface area contributed by atoms with E-state index < -0.39 is 17.8 Å². The van der Waals surface area contributed by atoms with E-state index in [0.717, 1.165) is 29.1 Å². The summed E-state index contributed by atoms with van der Waals surface area (Å²) < 4.78 is 7.72. The van der Waals surface area contributed by atoms with Crippen LogP contribution in [0.2, 0.25) is 0 Å². The maximum absolute atomic E-state index is 13.7. The van der Waals surface area contributed by atoms with Gasteiger partial charge in [-0.2, -0.15) is 5.10 Å². The fraction of sp³-hybridized carbons (Fsp3) is 0.500. The predicted octanol–water partition coefficient (Wildman–Crippen LogP) is 6.59. The third kappa shape index (κ3) is 6.23. The lowest BCUT2D eigenvalue weighted by Crippen LogP contribution is -2.39. The van der Waals surface area contributed by atoms with Gasteiger partial charge in [-0.05, 0) is 58.1 Å². The molecular weight excluding hydrogens is 502 g/mol. The molecule has 1 fully saturated rings. The number of nitrogens with zero attached hydrogens (tertiary/aromatic N) is 5. The van der Waals surface area contributed by atoms with Crippen molar-refractivity contribution in [2.24, 2.45) is 0 Å². The number of likely N-dealkylation sites (tertiary alicyclic amines) is 1. The van der Waals surface area contributed by atoms with Crippen molar-refractivity contribution in [3.8, 4) is 0 Å². The van der Waals surface area contributed by atoms with Crippen molar-refractivity contribution in [2.45, 2.75) is 82.2 Å². The Morgan fingerprint density at radius 3 is 2.37 bits per heavy atom. The normalized spacial score (nSPS) is 15.6. The summed E-state index contributed by atoms with van der Waals surface area (Å²) in [6.45, 7) is 12.7. The van der Waals surface area contributed by atoms with E-state index in [1.54, 1.807) is 16.7 Å². The molecule has 3 aromatic rings. The number of amides is 2. The molecule has 38 heavy (non-hydrogen) atoms. The molecule has 1 saturated heterocycles. The molecule has 3 heterocycles. The number of benzene rings is 1. The van der Waals surface area contributed by atoms with Gasteiger partial charge in [-0.15, -0.1) is 11.8 Å². The maximum Gasteiger partial charge on any atom is 0.415 e. The van der Waals surface area contributed by atoms with Crippen molar-refractivity contribution in [3.05, 3.63) is 53.9 Å². The van der Waals surface area contributed by atoms with Gasteiger partial charge in [0.2, 0.25) is 0 Å². The van der Waals surface area contributed by atoms with E-state index in [9.17, 15) is 14.7 Å². The second kappa shape index (κ2) is 11.2. The number of rotatable bonds is 6. The quantitative estimate of drug-likeness (QED) is 0.377. The SMILES string of the molecule is CC(C)c1cnc2c(N(C(=O)OC(C)(C)C)C(C)c3ccccc3)cc(SC3CCN(C(=O)O)CC3)nn12. The standard InChI is InChI=1S/C28H37N5O4S/c1-18(2)23-17-29-25-22(16-24(30-33(23)25)38-21-12-14-31(15-13-21)26(34)35)32(27(36)37-28(4,5)6)19(3)20-10-8-7-9-11-20/h7-11,16-19,21H,12-15H2,1-6H3,(H,34,35). The summed E-state index contributed by atoms with van der Waals surface area (Å²) in [6.07, 6.45) is 1.96. The number of ether oxygens (including phenoxy) is 1. The Kier molecular flexibility index (Phi) is 8.20. The molecule has 1 aliphatic rings. The van der Waals surface area contributed by atoms with Gasteiger partial charge >= 0.3 is 12.2 Å². The first-order chi connectivity index (χ1) is 17.9. The zero-order valence-electron chi connectivity index (χ0n) is 22.9. The summed E-state index contributed by atoms with van der Waals surface area (Å²) in [7, 11) is 0. The summed E-state index contributed by atoms with van der Waals surface area (Å²) in [5, 5.41) is 15.2. The minimum Gasteiger partial charge on any atom is -0.465 e. The Bertz CT molecular complexity index is 1280. The van der Waals surface area contributed by atoms with Crippen LogP contribution in [-0.2, 0) is 4.74 Å². The van der Waals surface area contributed by atoms with Crippen LogP contribution in [0.3, 0.4) is 0 Å². The lowest BCUT2D eigenvalue weighted by Gasteiger charge is -2.32. The zero-order valence-corrected chi connectivity index (χ0v) is 23.7. The fourth-order valence-electron chi connectivity index (χ4n) is 4.57. The molecule has 1 unspecified atom stereocenters. The monoisotopic (exact) mass is 539 g/mol. The van der Waals surface area contributed by atoms with Crippen molar-refractivity contribution >= 4 is 35.3 Å². The average Bonchev–Trinajstić information content (AvgIpc) is 3.28. The van der Waals surface area contributed by atoms with Crippen LogP contribution in [-0.4, -0.2) is 60.7 Å². The molecule has 0 saturated carbocycles. The van der Waals surface area contributed by atoms with Gasteiger partial charge in [0.25, 0.3) is 0 Å². The van der Waals surface area contributed by atoms with Crippen molar-refractivity contribution in [1.29, 1.82) is 0 Å². The van der Waals surface area contributed by atoms with Crippen LogP contribution in [0.15, 0.2) is 47.6 Å². The number of imidazole rings is 1. The van der Waals surface area contributed by atoms with Gasteiger partial charge < -0.3 is 14.7 Å². The molecule has 0 spiro atoms. The molecule has 1 atom stereocenters. The molecular formula is C28H37N5O4S. The topological polar surface area (TPSA) is 100 Å². The minimum atomic E-state index is -0.877. The second-order valence-corrected chi connectivity index (χ2v) is 12.3. The molecule has 4 rings (SSSR count). The number of carbonyl (C=O) groups is 2. The van der Waals surface area contributed by atoms with Gasteiger partial charge in [-0.25, -0.2) is 19.1 Å². The maximum atomic E-state index is 13.7. The molecule has 1 aliphatic heterocycles. The number of carbonyl (C=O) groups excluding carboxylic acids is 1. The first-order valence-corrected chi connectivity index (χ1v) is 13.9. The lowest BCUT2D eigenvalue weighted by atomic mass is 10.1. The number of piperidine rings is 1.